The van der Waals surface area contributed by atoms with Crippen molar-refractivity contribution in [1.29, 1.82) is 0 Å². The quantitative estimate of drug-likeness (QED) is 0.543. The molecule has 0 aliphatic rings. The Morgan fingerprint density at radius 2 is 1.83 bits per heavy atom. The van der Waals surface area contributed by atoms with Gasteiger partial charge in [-0.3, -0.25) is 19.2 Å². The summed E-state index contributed by atoms with van der Waals surface area (Å²) in [6.07, 6.45) is 1.34. The summed E-state index contributed by atoms with van der Waals surface area (Å²) in [7, 11) is 1.46. The average molecular weight is 465 g/mol. The minimum atomic E-state index is -0.540. The summed E-state index contributed by atoms with van der Waals surface area (Å²) in [5.74, 6) is -1.79. The highest BCUT2D eigenvalue weighted by atomic mass is 79.9. The summed E-state index contributed by atoms with van der Waals surface area (Å²) in [6, 6.07) is 8.45. The number of hydrogen-bond acceptors (Lipinski definition) is 5. The number of benzene rings is 1. The van der Waals surface area contributed by atoms with Crippen molar-refractivity contribution in [3.8, 4) is 0 Å². The SMILES string of the molecule is Cc1cc(Br)ccc1NC(=O)CN(C)C(=O)CNC(=O)CNC(=O)c1ccco1. The summed E-state index contributed by atoms with van der Waals surface area (Å²) < 4.78 is 5.80. The molecule has 0 saturated heterocycles. The van der Waals surface area contributed by atoms with Gasteiger partial charge >= 0.3 is 0 Å². The normalized spacial score (nSPS) is 10.2. The van der Waals surface area contributed by atoms with Crippen molar-refractivity contribution in [3.63, 3.8) is 0 Å². The van der Waals surface area contributed by atoms with Crippen molar-refractivity contribution in [2.75, 3.05) is 32.0 Å². The van der Waals surface area contributed by atoms with Crippen LogP contribution < -0.4 is 16.0 Å². The number of aryl methyl sites for hydroxylation is 1. The van der Waals surface area contributed by atoms with Crippen LogP contribution in [0.25, 0.3) is 0 Å². The smallest absolute Gasteiger partial charge is 0.287 e. The minimum absolute atomic E-state index is 0.0839. The van der Waals surface area contributed by atoms with Gasteiger partial charge in [-0.05, 0) is 42.8 Å². The third kappa shape index (κ3) is 7.07. The van der Waals surface area contributed by atoms with E-state index in [9.17, 15) is 19.2 Å². The standard InChI is InChI=1S/C19H21BrN4O5/c1-12-8-13(20)5-6-14(12)23-17(26)11-24(2)18(27)10-21-16(25)9-22-19(28)15-4-3-7-29-15/h3-8H,9-11H2,1-2H3,(H,21,25)(H,22,28)(H,23,26). The molecular formula is C19H21BrN4O5. The molecule has 9 nitrogen and oxygen atoms in total. The third-order valence-corrected chi connectivity index (χ3v) is 4.35. The molecule has 0 aliphatic heterocycles. The molecule has 2 rings (SSSR count). The van der Waals surface area contributed by atoms with Crippen LogP contribution in [0.5, 0.6) is 0 Å². The van der Waals surface area contributed by atoms with E-state index in [1.165, 1.54) is 24.3 Å². The van der Waals surface area contributed by atoms with Crippen LogP contribution in [-0.2, 0) is 14.4 Å². The molecule has 1 heterocycles. The first-order valence-corrected chi connectivity index (χ1v) is 9.44. The third-order valence-electron chi connectivity index (χ3n) is 3.86. The minimum Gasteiger partial charge on any atom is -0.459 e. The maximum atomic E-state index is 12.1. The number of carbonyl (C=O) groups is 4. The molecule has 2 aromatic rings. The van der Waals surface area contributed by atoms with E-state index >= 15 is 0 Å². The van der Waals surface area contributed by atoms with Gasteiger partial charge in [0.2, 0.25) is 17.7 Å². The lowest BCUT2D eigenvalue weighted by Crippen LogP contribution is -2.44. The highest BCUT2D eigenvalue weighted by Gasteiger charge is 2.15. The number of carbonyl (C=O) groups excluding carboxylic acids is 4. The van der Waals surface area contributed by atoms with E-state index in [4.69, 9.17) is 4.42 Å². The first-order chi connectivity index (χ1) is 13.8. The first kappa shape index (κ1) is 22.2. The van der Waals surface area contributed by atoms with Gasteiger partial charge in [0.15, 0.2) is 5.76 Å². The Balaban J connectivity index is 1.71. The van der Waals surface area contributed by atoms with Crippen LogP contribution in [0.1, 0.15) is 16.1 Å². The van der Waals surface area contributed by atoms with E-state index in [2.05, 4.69) is 31.9 Å². The van der Waals surface area contributed by atoms with Crippen molar-refractivity contribution in [3.05, 3.63) is 52.4 Å². The topological polar surface area (TPSA) is 121 Å². The molecule has 0 fully saturated rings. The van der Waals surface area contributed by atoms with Crippen LogP contribution in [0.4, 0.5) is 5.69 Å². The van der Waals surface area contributed by atoms with Crippen LogP contribution in [0, 0.1) is 6.92 Å². The van der Waals surface area contributed by atoms with E-state index < -0.39 is 17.7 Å². The Kier molecular flexibility index (Phi) is 7.96. The molecule has 0 unspecified atom stereocenters. The number of hydrogen-bond donors (Lipinski definition) is 3. The van der Waals surface area contributed by atoms with Crippen LogP contribution in [0.3, 0.4) is 0 Å². The van der Waals surface area contributed by atoms with E-state index in [1.54, 1.807) is 18.2 Å². The van der Waals surface area contributed by atoms with Gasteiger partial charge < -0.3 is 25.3 Å². The number of furan rings is 1. The first-order valence-electron chi connectivity index (χ1n) is 8.64. The largest absolute Gasteiger partial charge is 0.459 e. The maximum absolute atomic E-state index is 12.1. The van der Waals surface area contributed by atoms with Crippen LogP contribution in [0.15, 0.2) is 45.5 Å². The van der Waals surface area contributed by atoms with Crippen molar-refractivity contribution in [2.45, 2.75) is 6.92 Å². The molecule has 0 atom stereocenters. The summed E-state index contributed by atoms with van der Waals surface area (Å²) in [6.45, 7) is 1.09. The predicted molar refractivity (Wildman–Crippen MR) is 109 cm³/mol. The van der Waals surface area contributed by atoms with E-state index in [0.29, 0.717) is 5.69 Å². The van der Waals surface area contributed by atoms with E-state index in [-0.39, 0.29) is 31.3 Å². The fraction of sp³-hybridized carbons (Fsp3) is 0.263. The van der Waals surface area contributed by atoms with Gasteiger partial charge in [-0.1, -0.05) is 15.9 Å². The summed E-state index contributed by atoms with van der Waals surface area (Å²) in [5.41, 5.74) is 1.53. The predicted octanol–water partition coefficient (Wildman–Crippen LogP) is 1.29. The number of rotatable bonds is 8. The van der Waals surface area contributed by atoms with Crippen molar-refractivity contribution in [1.82, 2.24) is 15.5 Å². The number of nitrogens with zero attached hydrogens (tertiary/aromatic N) is 1. The zero-order valence-electron chi connectivity index (χ0n) is 16.0. The second-order valence-corrected chi connectivity index (χ2v) is 7.11. The average Bonchev–Trinajstić information content (AvgIpc) is 3.21. The Bertz CT molecular complexity index is 898. The zero-order chi connectivity index (χ0) is 21.4. The zero-order valence-corrected chi connectivity index (χ0v) is 17.5. The lowest BCUT2D eigenvalue weighted by molar-refractivity contribution is -0.134. The monoisotopic (exact) mass is 464 g/mol. The fourth-order valence-electron chi connectivity index (χ4n) is 2.29. The van der Waals surface area contributed by atoms with Gasteiger partial charge in [0.25, 0.3) is 5.91 Å². The van der Waals surface area contributed by atoms with Gasteiger partial charge in [0, 0.05) is 17.2 Å². The van der Waals surface area contributed by atoms with Gasteiger partial charge in [0.1, 0.15) is 0 Å². The molecule has 1 aromatic carbocycles. The molecule has 0 saturated carbocycles. The second-order valence-electron chi connectivity index (χ2n) is 6.19. The fourth-order valence-corrected chi connectivity index (χ4v) is 2.76. The number of anilines is 1. The number of amides is 4. The maximum Gasteiger partial charge on any atom is 0.287 e. The number of halogens is 1. The van der Waals surface area contributed by atoms with Gasteiger partial charge in [0.05, 0.1) is 25.9 Å². The van der Waals surface area contributed by atoms with Crippen molar-refractivity contribution < 1.29 is 23.6 Å². The number of likely N-dealkylation sites (N-methyl/N-ethyl adjacent to an activating group) is 1. The van der Waals surface area contributed by atoms with Gasteiger partial charge in [-0.25, -0.2) is 0 Å². The lowest BCUT2D eigenvalue weighted by Gasteiger charge is -2.17. The van der Waals surface area contributed by atoms with Crippen molar-refractivity contribution >= 4 is 45.2 Å². The Hall–Kier alpha value is -3.14. The highest BCUT2D eigenvalue weighted by molar-refractivity contribution is 9.10. The molecule has 0 bridgehead atoms. The van der Waals surface area contributed by atoms with E-state index in [0.717, 1.165) is 10.0 Å². The summed E-state index contributed by atoms with van der Waals surface area (Å²) >= 11 is 3.35. The molecule has 4 amide bonds. The highest BCUT2D eigenvalue weighted by Crippen LogP contribution is 2.19. The van der Waals surface area contributed by atoms with Crippen LogP contribution in [0.2, 0.25) is 0 Å². The molecule has 0 radical (unpaired) electrons. The molecule has 0 spiro atoms. The van der Waals surface area contributed by atoms with E-state index in [1.807, 2.05) is 13.0 Å². The van der Waals surface area contributed by atoms with Gasteiger partial charge in [-0.15, -0.1) is 0 Å². The molecular weight excluding hydrogens is 444 g/mol. The molecule has 0 aliphatic carbocycles. The lowest BCUT2D eigenvalue weighted by atomic mass is 10.2. The Labute approximate surface area is 175 Å². The molecule has 3 N–H and O–H groups in total. The molecule has 29 heavy (non-hydrogen) atoms. The number of nitrogens with one attached hydrogen (secondary N) is 3. The van der Waals surface area contributed by atoms with Gasteiger partial charge in [-0.2, -0.15) is 0 Å². The molecule has 10 heteroatoms. The second kappa shape index (κ2) is 10.4. The molecule has 154 valence electrons. The summed E-state index contributed by atoms with van der Waals surface area (Å²) in [5, 5.41) is 7.50. The Morgan fingerprint density at radius 3 is 2.48 bits per heavy atom. The molecule has 1 aromatic heterocycles. The summed E-state index contributed by atoms with van der Waals surface area (Å²) in [4.78, 5) is 48.9. The van der Waals surface area contributed by atoms with Crippen LogP contribution in [-0.4, -0.2) is 55.2 Å². The van der Waals surface area contributed by atoms with Crippen LogP contribution >= 0.6 is 15.9 Å². The Morgan fingerprint density at radius 1 is 1.07 bits per heavy atom. The van der Waals surface area contributed by atoms with Crippen molar-refractivity contribution in [2.24, 2.45) is 0 Å².